The van der Waals surface area contributed by atoms with Gasteiger partial charge in [-0.3, -0.25) is 4.40 Å². The van der Waals surface area contributed by atoms with E-state index in [1.807, 2.05) is 24.3 Å². The fourth-order valence-electron chi connectivity index (χ4n) is 3.44. The highest BCUT2D eigenvalue weighted by Gasteiger charge is 2.22. The first-order valence-corrected chi connectivity index (χ1v) is 9.34. The van der Waals surface area contributed by atoms with Crippen molar-refractivity contribution in [3.63, 3.8) is 0 Å². The SMILES string of the molecule is N#Cc1c(-c2ccccc2F)c(NCCc2ccccc2)n2c(Cl)cccc12. The van der Waals surface area contributed by atoms with E-state index in [0.717, 1.165) is 6.42 Å². The van der Waals surface area contributed by atoms with Crippen molar-refractivity contribution in [3.8, 4) is 17.2 Å². The Morgan fingerprint density at radius 2 is 1.71 bits per heavy atom. The van der Waals surface area contributed by atoms with E-state index in [9.17, 15) is 9.65 Å². The van der Waals surface area contributed by atoms with E-state index in [1.165, 1.54) is 11.6 Å². The van der Waals surface area contributed by atoms with E-state index in [4.69, 9.17) is 11.6 Å². The number of nitrogens with one attached hydrogen (secondary N) is 1. The van der Waals surface area contributed by atoms with Crippen LogP contribution < -0.4 is 5.32 Å². The maximum atomic E-state index is 14.6. The standard InChI is InChI=1S/C23H17ClFN3/c24-21-12-6-11-20-18(15-26)22(17-9-4-5-10-19(17)25)23(28(20)21)27-14-13-16-7-2-1-3-8-16/h1-12,27H,13-14H2. The maximum Gasteiger partial charge on any atom is 0.131 e. The van der Waals surface area contributed by atoms with Gasteiger partial charge in [0.15, 0.2) is 0 Å². The fraction of sp³-hybridized carbons (Fsp3) is 0.0870. The van der Waals surface area contributed by atoms with Gasteiger partial charge >= 0.3 is 0 Å². The van der Waals surface area contributed by atoms with Crippen LogP contribution in [0.3, 0.4) is 0 Å². The van der Waals surface area contributed by atoms with Gasteiger partial charge in [0.05, 0.1) is 11.1 Å². The summed E-state index contributed by atoms with van der Waals surface area (Å²) in [6.45, 7) is 0.619. The molecular formula is C23H17ClFN3. The predicted octanol–water partition coefficient (Wildman–Crippen LogP) is 5.93. The number of hydrogen-bond donors (Lipinski definition) is 1. The molecule has 2 aromatic heterocycles. The first-order valence-electron chi connectivity index (χ1n) is 8.96. The molecule has 5 heteroatoms. The number of benzene rings is 2. The van der Waals surface area contributed by atoms with Crippen LogP contribution in [0.5, 0.6) is 0 Å². The van der Waals surface area contributed by atoms with Crippen molar-refractivity contribution in [2.75, 3.05) is 11.9 Å². The highest BCUT2D eigenvalue weighted by molar-refractivity contribution is 6.30. The molecule has 0 fully saturated rings. The Morgan fingerprint density at radius 1 is 0.964 bits per heavy atom. The molecule has 0 bridgehead atoms. The van der Waals surface area contributed by atoms with Gasteiger partial charge in [-0.25, -0.2) is 4.39 Å². The lowest BCUT2D eigenvalue weighted by Crippen LogP contribution is -2.08. The van der Waals surface area contributed by atoms with Crippen molar-refractivity contribution < 1.29 is 4.39 Å². The second-order valence-electron chi connectivity index (χ2n) is 6.42. The number of hydrogen-bond acceptors (Lipinski definition) is 2. The maximum absolute atomic E-state index is 14.6. The second-order valence-corrected chi connectivity index (χ2v) is 6.81. The lowest BCUT2D eigenvalue weighted by molar-refractivity contribution is 0.631. The molecule has 2 heterocycles. The number of fused-ring (bicyclic) bond motifs is 1. The quantitative estimate of drug-likeness (QED) is 0.430. The molecule has 3 nitrogen and oxygen atoms in total. The van der Waals surface area contributed by atoms with Gasteiger partial charge in [-0.15, -0.1) is 0 Å². The van der Waals surface area contributed by atoms with E-state index < -0.39 is 0 Å². The summed E-state index contributed by atoms with van der Waals surface area (Å²) in [4.78, 5) is 0. The van der Waals surface area contributed by atoms with E-state index in [-0.39, 0.29) is 5.82 Å². The predicted molar refractivity (Wildman–Crippen MR) is 111 cm³/mol. The van der Waals surface area contributed by atoms with Gasteiger partial charge in [0.25, 0.3) is 0 Å². The van der Waals surface area contributed by atoms with Crippen molar-refractivity contribution in [1.29, 1.82) is 5.26 Å². The van der Waals surface area contributed by atoms with Crippen molar-refractivity contribution in [1.82, 2.24) is 4.40 Å². The summed E-state index contributed by atoms with van der Waals surface area (Å²) in [5.41, 5.74) is 3.14. The summed E-state index contributed by atoms with van der Waals surface area (Å²) in [5, 5.41) is 13.7. The molecule has 0 unspecified atom stereocenters. The van der Waals surface area contributed by atoms with Crippen LogP contribution >= 0.6 is 11.6 Å². The molecule has 0 atom stereocenters. The molecule has 0 saturated carbocycles. The molecule has 1 N–H and O–H groups in total. The smallest absolute Gasteiger partial charge is 0.131 e. The van der Waals surface area contributed by atoms with Crippen molar-refractivity contribution in [2.24, 2.45) is 0 Å². The number of pyridine rings is 1. The van der Waals surface area contributed by atoms with E-state index >= 15 is 0 Å². The fourth-order valence-corrected chi connectivity index (χ4v) is 3.69. The number of nitriles is 1. The largest absolute Gasteiger partial charge is 0.370 e. The second kappa shape index (κ2) is 7.75. The summed E-state index contributed by atoms with van der Waals surface area (Å²) in [6.07, 6.45) is 0.789. The van der Waals surface area contributed by atoms with Crippen LogP contribution in [0.2, 0.25) is 5.15 Å². The minimum Gasteiger partial charge on any atom is -0.370 e. The summed E-state index contributed by atoms with van der Waals surface area (Å²) in [6, 6.07) is 24.2. The molecule has 0 aliphatic rings. The zero-order chi connectivity index (χ0) is 19.5. The normalized spacial score (nSPS) is 10.8. The number of halogens is 2. The van der Waals surface area contributed by atoms with Crippen LogP contribution in [0.15, 0.2) is 72.8 Å². The summed E-state index contributed by atoms with van der Waals surface area (Å²) < 4.78 is 16.4. The molecule has 0 aliphatic heterocycles. The molecule has 138 valence electrons. The Kier molecular flexibility index (Phi) is 5.01. The highest BCUT2D eigenvalue weighted by Crippen LogP contribution is 2.39. The van der Waals surface area contributed by atoms with Gasteiger partial charge in [-0.1, -0.05) is 66.2 Å². The van der Waals surface area contributed by atoms with Crippen LogP contribution in [-0.4, -0.2) is 10.9 Å². The molecule has 0 spiro atoms. The first-order chi connectivity index (χ1) is 13.7. The topological polar surface area (TPSA) is 40.2 Å². The van der Waals surface area contributed by atoms with Gasteiger partial charge in [0.2, 0.25) is 0 Å². The Hall–Kier alpha value is -3.29. The van der Waals surface area contributed by atoms with Gasteiger partial charge < -0.3 is 5.32 Å². The molecule has 4 rings (SSSR count). The molecule has 0 saturated heterocycles. The number of anilines is 1. The van der Waals surface area contributed by atoms with Crippen LogP contribution in [0.25, 0.3) is 16.6 Å². The third-order valence-electron chi connectivity index (χ3n) is 4.71. The average Bonchev–Trinajstić information content (AvgIpc) is 3.04. The average molecular weight is 390 g/mol. The van der Waals surface area contributed by atoms with Crippen molar-refractivity contribution in [2.45, 2.75) is 6.42 Å². The van der Waals surface area contributed by atoms with Gasteiger partial charge in [0, 0.05) is 17.7 Å². The minimum atomic E-state index is -0.378. The molecule has 4 aromatic rings. The van der Waals surface area contributed by atoms with Gasteiger partial charge in [-0.05, 0) is 30.2 Å². The molecule has 0 amide bonds. The first kappa shape index (κ1) is 18.1. The molecule has 0 radical (unpaired) electrons. The third kappa shape index (κ3) is 3.21. The zero-order valence-corrected chi connectivity index (χ0v) is 15.7. The number of rotatable bonds is 5. The summed E-state index contributed by atoms with van der Waals surface area (Å²) >= 11 is 6.45. The van der Waals surface area contributed by atoms with Crippen LogP contribution in [0.1, 0.15) is 11.1 Å². The minimum absolute atomic E-state index is 0.376. The molecule has 2 aromatic carbocycles. The zero-order valence-electron chi connectivity index (χ0n) is 15.0. The monoisotopic (exact) mass is 389 g/mol. The van der Waals surface area contributed by atoms with Crippen molar-refractivity contribution >= 4 is 22.9 Å². The van der Waals surface area contributed by atoms with Gasteiger partial charge in [0.1, 0.15) is 22.9 Å². The van der Waals surface area contributed by atoms with Gasteiger partial charge in [-0.2, -0.15) is 5.26 Å². The Balaban J connectivity index is 1.84. The third-order valence-corrected chi connectivity index (χ3v) is 5.01. The number of aromatic nitrogens is 1. The summed E-state index contributed by atoms with van der Waals surface area (Å²) in [5.74, 6) is 0.246. The van der Waals surface area contributed by atoms with Crippen molar-refractivity contribution in [3.05, 3.63) is 94.9 Å². The molecule has 0 aliphatic carbocycles. The molecular weight excluding hydrogens is 373 g/mol. The Morgan fingerprint density at radius 3 is 2.46 bits per heavy atom. The molecule has 28 heavy (non-hydrogen) atoms. The summed E-state index contributed by atoms with van der Waals surface area (Å²) in [7, 11) is 0. The van der Waals surface area contributed by atoms with Crippen LogP contribution in [-0.2, 0) is 6.42 Å². The van der Waals surface area contributed by atoms with Crippen LogP contribution in [0, 0.1) is 17.1 Å². The van der Waals surface area contributed by atoms with Crippen LogP contribution in [0.4, 0.5) is 10.2 Å². The lowest BCUT2D eigenvalue weighted by Gasteiger charge is -2.12. The number of nitrogens with zero attached hydrogens (tertiary/aromatic N) is 2. The van der Waals surface area contributed by atoms with E-state index in [2.05, 4.69) is 23.5 Å². The van der Waals surface area contributed by atoms with E-state index in [0.29, 0.717) is 39.7 Å². The Labute approximate surface area is 167 Å². The lowest BCUT2D eigenvalue weighted by atomic mass is 10.0. The Bertz CT molecular complexity index is 1180. The van der Waals surface area contributed by atoms with E-state index in [1.54, 1.807) is 34.7 Å². The highest BCUT2D eigenvalue weighted by atomic mass is 35.5.